The van der Waals surface area contributed by atoms with E-state index >= 15 is 0 Å². The number of sulfonamides is 1. The number of nitriles is 1. The van der Waals surface area contributed by atoms with Crippen LogP contribution in [0, 0.1) is 11.3 Å². The van der Waals surface area contributed by atoms with Crippen molar-refractivity contribution >= 4 is 10.0 Å². The fourth-order valence-electron chi connectivity index (χ4n) is 1.14. The summed E-state index contributed by atoms with van der Waals surface area (Å²) in [6, 6.07) is 7.01. The van der Waals surface area contributed by atoms with Crippen molar-refractivity contribution in [2.75, 3.05) is 13.1 Å². The first kappa shape index (κ1) is 14.5. The van der Waals surface area contributed by atoms with Gasteiger partial charge in [-0.25, -0.2) is 21.9 Å². The molecule has 3 N–H and O–H groups in total. The standard InChI is InChI=1S/C10H11F2N3O2S/c11-10(12,6-14)7-15-18(16,17)9-4-2-1-3-8(9)5-13/h1-4,15H,6-7,14H2. The monoisotopic (exact) mass is 275 g/mol. The van der Waals surface area contributed by atoms with Gasteiger partial charge in [-0.1, -0.05) is 12.1 Å². The van der Waals surface area contributed by atoms with Gasteiger partial charge in [0, 0.05) is 0 Å². The Balaban J connectivity index is 2.98. The highest BCUT2D eigenvalue weighted by Gasteiger charge is 2.30. The van der Waals surface area contributed by atoms with E-state index in [0.29, 0.717) is 0 Å². The Morgan fingerprint density at radius 3 is 2.56 bits per heavy atom. The first-order chi connectivity index (χ1) is 8.32. The molecule has 5 nitrogen and oxygen atoms in total. The van der Waals surface area contributed by atoms with Gasteiger partial charge in [-0.05, 0) is 12.1 Å². The second-order valence-corrected chi connectivity index (χ2v) is 5.23. The summed E-state index contributed by atoms with van der Waals surface area (Å²) in [6.45, 7) is -2.07. The van der Waals surface area contributed by atoms with Crippen LogP contribution in [0.3, 0.4) is 0 Å². The molecule has 0 heterocycles. The minimum Gasteiger partial charge on any atom is -0.325 e. The molecule has 0 saturated carbocycles. The second-order valence-electron chi connectivity index (χ2n) is 3.49. The number of alkyl halides is 2. The van der Waals surface area contributed by atoms with Gasteiger partial charge >= 0.3 is 0 Å². The Kier molecular flexibility index (Phi) is 4.34. The molecular weight excluding hydrogens is 264 g/mol. The molecular formula is C10H11F2N3O2S. The lowest BCUT2D eigenvalue weighted by molar-refractivity contribution is 0.0170. The maximum atomic E-state index is 12.9. The number of nitrogens with one attached hydrogen (secondary N) is 1. The molecule has 0 atom stereocenters. The molecule has 1 aromatic rings. The molecule has 0 bridgehead atoms. The molecule has 0 saturated heterocycles. The molecule has 0 radical (unpaired) electrons. The van der Waals surface area contributed by atoms with E-state index in [1.54, 1.807) is 10.8 Å². The molecule has 1 rings (SSSR count). The summed E-state index contributed by atoms with van der Waals surface area (Å²) in [7, 11) is -4.15. The molecule has 0 amide bonds. The summed E-state index contributed by atoms with van der Waals surface area (Å²) in [5.41, 5.74) is 4.68. The number of hydrogen-bond acceptors (Lipinski definition) is 4. The van der Waals surface area contributed by atoms with Gasteiger partial charge in [0.05, 0.1) is 23.5 Å². The number of hydrogen-bond donors (Lipinski definition) is 2. The van der Waals surface area contributed by atoms with Crippen LogP contribution in [0.1, 0.15) is 5.56 Å². The SMILES string of the molecule is N#Cc1ccccc1S(=O)(=O)NCC(F)(F)CN. The van der Waals surface area contributed by atoms with E-state index < -0.39 is 29.0 Å². The Hall–Kier alpha value is -1.56. The van der Waals surface area contributed by atoms with E-state index in [2.05, 4.69) is 0 Å². The van der Waals surface area contributed by atoms with Crippen molar-refractivity contribution < 1.29 is 17.2 Å². The average molecular weight is 275 g/mol. The lowest BCUT2D eigenvalue weighted by Crippen LogP contribution is -2.41. The lowest BCUT2D eigenvalue weighted by atomic mass is 10.2. The Morgan fingerprint density at radius 2 is 2.00 bits per heavy atom. The summed E-state index contributed by atoms with van der Waals surface area (Å²) in [4.78, 5) is -0.333. The molecule has 1 aromatic carbocycles. The van der Waals surface area contributed by atoms with Crippen LogP contribution >= 0.6 is 0 Å². The molecule has 98 valence electrons. The first-order valence-corrected chi connectivity index (χ1v) is 6.37. The molecule has 0 fully saturated rings. The maximum Gasteiger partial charge on any atom is 0.273 e. The number of halogens is 2. The highest BCUT2D eigenvalue weighted by Crippen LogP contribution is 2.16. The van der Waals surface area contributed by atoms with Crippen molar-refractivity contribution in [2.45, 2.75) is 10.8 Å². The topological polar surface area (TPSA) is 96.0 Å². The zero-order valence-corrected chi connectivity index (χ0v) is 10.0. The minimum absolute atomic E-state index is 0.110. The normalized spacial score (nSPS) is 12.1. The van der Waals surface area contributed by atoms with Crippen LogP contribution < -0.4 is 10.5 Å². The van der Waals surface area contributed by atoms with Crippen molar-refractivity contribution in [1.82, 2.24) is 4.72 Å². The summed E-state index contributed by atoms with van der Waals surface area (Å²) in [5.74, 6) is -3.32. The van der Waals surface area contributed by atoms with Crippen LogP contribution in [0.5, 0.6) is 0 Å². The molecule has 0 aliphatic carbocycles. The van der Waals surface area contributed by atoms with E-state index in [4.69, 9.17) is 11.0 Å². The highest BCUT2D eigenvalue weighted by molar-refractivity contribution is 7.89. The van der Waals surface area contributed by atoms with E-state index in [1.165, 1.54) is 24.3 Å². The average Bonchev–Trinajstić information content (AvgIpc) is 2.37. The third-order valence-electron chi connectivity index (χ3n) is 2.12. The van der Waals surface area contributed by atoms with E-state index in [1.807, 2.05) is 0 Å². The summed E-state index contributed by atoms with van der Waals surface area (Å²) in [6.07, 6.45) is 0. The van der Waals surface area contributed by atoms with Crippen molar-refractivity contribution in [3.05, 3.63) is 29.8 Å². The number of nitrogens with zero attached hydrogens (tertiary/aromatic N) is 1. The summed E-state index contributed by atoms with van der Waals surface area (Å²) >= 11 is 0. The Morgan fingerprint density at radius 1 is 1.39 bits per heavy atom. The van der Waals surface area contributed by atoms with Gasteiger partial charge < -0.3 is 5.73 Å². The fraction of sp³-hybridized carbons (Fsp3) is 0.300. The van der Waals surface area contributed by atoms with E-state index in [-0.39, 0.29) is 10.5 Å². The van der Waals surface area contributed by atoms with Crippen LogP contribution in [0.25, 0.3) is 0 Å². The predicted octanol–water partition coefficient (Wildman–Crippen LogP) is 0.431. The van der Waals surface area contributed by atoms with Crippen molar-refractivity contribution in [2.24, 2.45) is 5.73 Å². The van der Waals surface area contributed by atoms with Gasteiger partial charge in [0.25, 0.3) is 5.92 Å². The van der Waals surface area contributed by atoms with Crippen LogP contribution in [0.2, 0.25) is 0 Å². The van der Waals surface area contributed by atoms with Gasteiger partial charge in [-0.2, -0.15) is 5.26 Å². The third-order valence-corrected chi connectivity index (χ3v) is 3.58. The van der Waals surface area contributed by atoms with E-state index in [9.17, 15) is 17.2 Å². The predicted molar refractivity (Wildman–Crippen MR) is 60.3 cm³/mol. The molecule has 0 spiro atoms. The van der Waals surface area contributed by atoms with Gasteiger partial charge in [0.1, 0.15) is 6.07 Å². The van der Waals surface area contributed by atoms with Crippen molar-refractivity contribution in [3.8, 4) is 6.07 Å². The molecule has 0 aromatic heterocycles. The van der Waals surface area contributed by atoms with Crippen LogP contribution in [-0.2, 0) is 10.0 Å². The highest BCUT2D eigenvalue weighted by atomic mass is 32.2. The number of rotatable bonds is 5. The zero-order chi connectivity index (χ0) is 13.8. The second kappa shape index (κ2) is 5.39. The van der Waals surface area contributed by atoms with Gasteiger partial charge in [-0.15, -0.1) is 0 Å². The van der Waals surface area contributed by atoms with Crippen molar-refractivity contribution in [1.29, 1.82) is 5.26 Å². The quantitative estimate of drug-likeness (QED) is 0.814. The molecule has 0 unspecified atom stereocenters. The van der Waals surface area contributed by atoms with Crippen LogP contribution in [0.4, 0.5) is 8.78 Å². The fourth-order valence-corrected chi connectivity index (χ4v) is 2.36. The summed E-state index contributed by atoms with van der Waals surface area (Å²) < 4.78 is 50.9. The molecule has 0 aliphatic heterocycles. The van der Waals surface area contributed by atoms with Gasteiger partial charge in [-0.3, -0.25) is 0 Å². The first-order valence-electron chi connectivity index (χ1n) is 4.89. The minimum atomic E-state index is -4.15. The van der Waals surface area contributed by atoms with Gasteiger partial charge in [0.2, 0.25) is 10.0 Å². The smallest absolute Gasteiger partial charge is 0.273 e. The zero-order valence-electron chi connectivity index (χ0n) is 9.23. The summed E-state index contributed by atoms with van der Waals surface area (Å²) in [5, 5.41) is 8.75. The number of benzene rings is 1. The molecule has 18 heavy (non-hydrogen) atoms. The van der Waals surface area contributed by atoms with Crippen LogP contribution in [0.15, 0.2) is 29.2 Å². The maximum absolute atomic E-state index is 12.9. The van der Waals surface area contributed by atoms with Gasteiger partial charge in [0.15, 0.2) is 0 Å². The van der Waals surface area contributed by atoms with Crippen LogP contribution in [-0.4, -0.2) is 27.4 Å². The lowest BCUT2D eigenvalue weighted by Gasteiger charge is -2.15. The Bertz CT molecular complexity index is 567. The largest absolute Gasteiger partial charge is 0.325 e. The van der Waals surface area contributed by atoms with E-state index in [0.717, 1.165) is 0 Å². The third kappa shape index (κ3) is 3.46. The molecule has 8 heteroatoms. The van der Waals surface area contributed by atoms with Crippen molar-refractivity contribution in [3.63, 3.8) is 0 Å². The Labute approximate surface area is 103 Å². The molecule has 0 aliphatic rings. The number of nitrogens with two attached hydrogens (primary N) is 1.